The van der Waals surface area contributed by atoms with Gasteiger partial charge in [-0.05, 0) is 50.2 Å². The summed E-state index contributed by atoms with van der Waals surface area (Å²) in [5, 5.41) is 9.97. The summed E-state index contributed by atoms with van der Waals surface area (Å²) in [6, 6.07) is 2.01. The lowest BCUT2D eigenvalue weighted by atomic mass is 10.1. The SMILES string of the molecule is Cc1nc([C@@H]2CC[C@H](CNC(=O)c3[nH]ccc3C3CC3)O2)n[nH]1. The van der Waals surface area contributed by atoms with Crippen LogP contribution in [0.2, 0.25) is 0 Å². The average molecular weight is 315 g/mol. The number of hydrogen-bond acceptors (Lipinski definition) is 4. The lowest BCUT2D eigenvalue weighted by Crippen LogP contribution is -2.32. The number of carbonyl (C=O) groups excluding carboxylic acids is 1. The first-order valence-electron chi connectivity index (χ1n) is 8.20. The van der Waals surface area contributed by atoms with Crippen LogP contribution in [0, 0.1) is 6.92 Å². The second-order valence-electron chi connectivity index (χ2n) is 6.40. The van der Waals surface area contributed by atoms with Crippen LogP contribution in [0.15, 0.2) is 12.3 Å². The zero-order valence-electron chi connectivity index (χ0n) is 13.1. The van der Waals surface area contributed by atoms with Crippen LogP contribution in [0.1, 0.15) is 65.4 Å². The number of ether oxygens (including phenoxy) is 1. The Morgan fingerprint density at radius 3 is 3.00 bits per heavy atom. The van der Waals surface area contributed by atoms with Crippen LogP contribution in [-0.4, -0.2) is 38.7 Å². The lowest BCUT2D eigenvalue weighted by molar-refractivity contribution is 0.0391. The summed E-state index contributed by atoms with van der Waals surface area (Å²) in [4.78, 5) is 19.7. The first-order chi connectivity index (χ1) is 11.2. The zero-order chi connectivity index (χ0) is 15.8. The molecule has 2 aromatic rings. The third kappa shape index (κ3) is 3.01. The maximum atomic E-state index is 12.3. The number of nitrogens with zero attached hydrogens (tertiary/aromatic N) is 2. The molecule has 3 heterocycles. The number of carbonyl (C=O) groups is 1. The van der Waals surface area contributed by atoms with Crippen LogP contribution in [0.4, 0.5) is 0 Å². The van der Waals surface area contributed by atoms with Gasteiger partial charge in [0.15, 0.2) is 5.82 Å². The maximum absolute atomic E-state index is 12.3. The molecule has 0 spiro atoms. The van der Waals surface area contributed by atoms with Gasteiger partial charge in [0.2, 0.25) is 0 Å². The van der Waals surface area contributed by atoms with Gasteiger partial charge in [0.25, 0.3) is 5.91 Å². The standard InChI is InChI=1S/C16H21N5O2/c1-9-19-15(21-20-9)13-5-4-11(23-13)8-18-16(22)14-12(6-7-17-14)10-2-3-10/h6-7,10-11,13,17H,2-5,8H2,1H3,(H,18,22)(H,19,20,21)/t11-,13+/m1/s1. The molecule has 1 saturated heterocycles. The minimum absolute atomic E-state index is 0.0158. The fourth-order valence-corrected chi connectivity index (χ4v) is 3.16. The molecular formula is C16H21N5O2. The van der Waals surface area contributed by atoms with E-state index in [2.05, 4.69) is 25.5 Å². The molecule has 122 valence electrons. The number of H-pyrrole nitrogens is 2. The van der Waals surface area contributed by atoms with Gasteiger partial charge in [0.05, 0.1) is 6.10 Å². The Morgan fingerprint density at radius 2 is 2.26 bits per heavy atom. The van der Waals surface area contributed by atoms with Crippen molar-refractivity contribution in [1.29, 1.82) is 0 Å². The van der Waals surface area contributed by atoms with E-state index in [1.165, 1.54) is 12.8 Å². The molecule has 2 aromatic heterocycles. The van der Waals surface area contributed by atoms with E-state index in [-0.39, 0.29) is 18.1 Å². The van der Waals surface area contributed by atoms with Crippen molar-refractivity contribution in [3.8, 4) is 0 Å². The summed E-state index contributed by atoms with van der Waals surface area (Å²) in [6.07, 6.45) is 5.93. The summed E-state index contributed by atoms with van der Waals surface area (Å²) in [6.45, 7) is 2.39. The Hall–Kier alpha value is -2.15. The van der Waals surface area contributed by atoms with Gasteiger partial charge in [0, 0.05) is 12.7 Å². The van der Waals surface area contributed by atoms with Crippen LogP contribution < -0.4 is 5.32 Å². The number of aryl methyl sites for hydroxylation is 1. The topological polar surface area (TPSA) is 95.7 Å². The van der Waals surface area contributed by atoms with Gasteiger partial charge in [-0.3, -0.25) is 9.89 Å². The summed E-state index contributed by atoms with van der Waals surface area (Å²) >= 11 is 0. The zero-order valence-corrected chi connectivity index (χ0v) is 13.1. The molecule has 0 aromatic carbocycles. The molecule has 0 bridgehead atoms. The maximum Gasteiger partial charge on any atom is 0.268 e. The minimum atomic E-state index is -0.0747. The number of hydrogen-bond donors (Lipinski definition) is 3. The summed E-state index contributed by atoms with van der Waals surface area (Å²) in [5.74, 6) is 2.01. The number of aromatic amines is 2. The molecule has 2 atom stereocenters. The van der Waals surface area contributed by atoms with Gasteiger partial charge in [-0.1, -0.05) is 0 Å². The predicted molar refractivity (Wildman–Crippen MR) is 83.1 cm³/mol. The highest BCUT2D eigenvalue weighted by Gasteiger charge is 2.31. The molecule has 23 heavy (non-hydrogen) atoms. The van der Waals surface area contributed by atoms with Crippen molar-refractivity contribution >= 4 is 5.91 Å². The Balaban J connectivity index is 1.31. The Labute approximate surface area is 134 Å². The van der Waals surface area contributed by atoms with E-state index >= 15 is 0 Å². The van der Waals surface area contributed by atoms with Crippen LogP contribution in [-0.2, 0) is 4.74 Å². The smallest absolute Gasteiger partial charge is 0.268 e. The summed E-state index contributed by atoms with van der Waals surface area (Å²) in [7, 11) is 0. The van der Waals surface area contributed by atoms with Crippen LogP contribution in [0.5, 0.6) is 0 Å². The molecule has 7 nitrogen and oxygen atoms in total. The average Bonchev–Trinajstić information content (AvgIpc) is 2.96. The largest absolute Gasteiger partial charge is 0.365 e. The van der Waals surface area contributed by atoms with Crippen LogP contribution in [0.3, 0.4) is 0 Å². The van der Waals surface area contributed by atoms with E-state index in [0.29, 0.717) is 24.0 Å². The second-order valence-corrected chi connectivity index (χ2v) is 6.40. The van der Waals surface area contributed by atoms with E-state index < -0.39 is 0 Å². The van der Waals surface area contributed by atoms with E-state index in [9.17, 15) is 4.79 Å². The molecule has 0 unspecified atom stereocenters. The van der Waals surface area contributed by atoms with E-state index in [1.54, 1.807) is 0 Å². The van der Waals surface area contributed by atoms with Crippen molar-refractivity contribution in [2.24, 2.45) is 0 Å². The molecule has 1 saturated carbocycles. The number of nitrogens with one attached hydrogen (secondary N) is 3. The predicted octanol–water partition coefficient (Wildman–Crippen LogP) is 1.97. The Morgan fingerprint density at radius 1 is 1.39 bits per heavy atom. The lowest BCUT2D eigenvalue weighted by Gasteiger charge is -2.13. The fourth-order valence-electron chi connectivity index (χ4n) is 3.16. The van der Waals surface area contributed by atoms with E-state index in [4.69, 9.17) is 4.74 Å². The van der Waals surface area contributed by atoms with Crippen molar-refractivity contribution in [3.05, 3.63) is 35.2 Å². The van der Waals surface area contributed by atoms with E-state index in [1.807, 2.05) is 19.2 Å². The van der Waals surface area contributed by atoms with Crippen molar-refractivity contribution in [1.82, 2.24) is 25.5 Å². The molecule has 1 aliphatic carbocycles. The van der Waals surface area contributed by atoms with Gasteiger partial charge in [-0.25, -0.2) is 4.98 Å². The third-order valence-electron chi connectivity index (χ3n) is 4.52. The van der Waals surface area contributed by atoms with Gasteiger partial charge < -0.3 is 15.0 Å². The second kappa shape index (κ2) is 5.81. The van der Waals surface area contributed by atoms with Crippen molar-refractivity contribution in [3.63, 3.8) is 0 Å². The normalized spacial score (nSPS) is 24.0. The molecule has 4 rings (SSSR count). The number of amides is 1. The quantitative estimate of drug-likeness (QED) is 0.786. The first-order valence-corrected chi connectivity index (χ1v) is 8.20. The van der Waals surface area contributed by atoms with Gasteiger partial charge in [-0.15, -0.1) is 0 Å². The van der Waals surface area contributed by atoms with E-state index in [0.717, 1.165) is 24.2 Å². The monoisotopic (exact) mass is 315 g/mol. The van der Waals surface area contributed by atoms with Crippen molar-refractivity contribution in [2.75, 3.05) is 6.54 Å². The van der Waals surface area contributed by atoms with Gasteiger partial charge >= 0.3 is 0 Å². The van der Waals surface area contributed by atoms with Crippen molar-refractivity contribution < 1.29 is 9.53 Å². The van der Waals surface area contributed by atoms with Crippen LogP contribution >= 0.6 is 0 Å². The van der Waals surface area contributed by atoms with Gasteiger partial charge in [-0.2, -0.15) is 5.10 Å². The molecule has 0 radical (unpaired) electrons. The fraction of sp³-hybridized carbons (Fsp3) is 0.562. The Bertz CT molecular complexity index is 703. The minimum Gasteiger partial charge on any atom is -0.365 e. The molecule has 7 heteroatoms. The molecule has 2 aliphatic rings. The van der Waals surface area contributed by atoms with Crippen molar-refractivity contribution in [2.45, 2.75) is 50.7 Å². The highest BCUT2D eigenvalue weighted by molar-refractivity contribution is 5.94. The first kappa shape index (κ1) is 14.4. The Kier molecular flexibility index (Phi) is 3.65. The molecule has 2 fully saturated rings. The third-order valence-corrected chi connectivity index (χ3v) is 4.52. The molecule has 1 aliphatic heterocycles. The van der Waals surface area contributed by atoms with Gasteiger partial charge in [0.1, 0.15) is 17.6 Å². The number of aromatic nitrogens is 4. The highest BCUT2D eigenvalue weighted by Crippen LogP contribution is 2.41. The highest BCUT2D eigenvalue weighted by atomic mass is 16.5. The summed E-state index contributed by atoms with van der Waals surface area (Å²) < 4.78 is 5.95. The molecular weight excluding hydrogens is 294 g/mol. The number of rotatable bonds is 5. The van der Waals surface area contributed by atoms with Crippen LogP contribution in [0.25, 0.3) is 0 Å². The summed E-state index contributed by atoms with van der Waals surface area (Å²) in [5.41, 5.74) is 1.84. The molecule has 1 amide bonds. The molecule has 3 N–H and O–H groups in total.